The molecule has 0 bridgehead atoms. The van der Waals surface area contributed by atoms with Gasteiger partial charge in [-0.15, -0.1) is 0 Å². The standard InChI is InChI=1S/C24H28N4O7/c1-34-23(32)17-5-2-3-6-18(17)27-24(33)28-12-4-7-20(29)19(13-28)26-22(31)15-8-10-16(11-9-15)35-14-21(25)30/h2-3,5-6,8-11,19-20,29H,4,7,12-14H2,1H3,(H2,25,30)(H,26,31)(H,27,33)/t19-,20-/m1/s1. The van der Waals surface area contributed by atoms with Crippen molar-refractivity contribution < 1.29 is 33.8 Å². The van der Waals surface area contributed by atoms with Gasteiger partial charge in [0, 0.05) is 18.7 Å². The van der Waals surface area contributed by atoms with E-state index in [1.54, 1.807) is 24.3 Å². The van der Waals surface area contributed by atoms with Crippen LogP contribution in [0.2, 0.25) is 0 Å². The minimum atomic E-state index is -0.850. The number of hydrogen-bond acceptors (Lipinski definition) is 7. The summed E-state index contributed by atoms with van der Waals surface area (Å²) in [5, 5.41) is 16.0. The molecule has 1 aliphatic rings. The zero-order chi connectivity index (χ0) is 25.4. The molecule has 11 nitrogen and oxygen atoms in total. The highest BCUT2D eigenvalue weighted by Gasteiger charge is 2.30. The number of benzene rings is 2. The van der Waals surface area contributed by atoms with Gasteiger partial charge in [-0.05, 0) is 49.2 Å². The number of nitrogens with one attached hydrogen (secondary N) is 2. The van der Waals surface area contributed by atoms with Gasteiger partial charge in [-0.3, -0.25) is 9.59 Å². The first-order chi connectivity index (χ1) is 16.8. The van der Waals surface area contributed by atoms with E-state index in [9.17, 15) is 24.3 Å². The second-order valence-corrected chi connectivity index (χ2v) is 7.98. The number of aliphatic hydroxyl groups is 1. The van der Waals surface area contributed by atoms with E-state index in [0.717, 1.165) is 0 Å². The van der Waals surface area contributed by atoms with E-state index in [4.69, 9.17) is 15.2 Å². The Bertz CT molecular complexity index is 1070. The third-order valence-electron chi connectivity index (χ3n) is 5.48. The molecule has 3 rings (SSSR count). The normalized spacial score (nSPS) is 17.6. The summed E-state index contributed by atoms with van der Waals surface area (Å²) < 4.78 is 9.94. The van der Waals surface area contributed by atoms with Gasteiger partial charge in [0.2, 0.25) is 0 Å². The lowest BCUT2D eigenvalue weighted by atomic mass is 10.1. The molecular weight excluding hydrogens is 456 g/mol. The number of carbonyl (C=O) groups excluding carboxylic acids is 4. The monoisotopic (exact) mass is 484 g/mol. The van der Waals surface area contributed by atoms with Crippen molar-refractivity contribution in [3.8, 4) is 5.75 Å². The van der Waals surface area contributed by atoms with Crippen molar-refractivity contribution in [2.45, 2.75) is 25.0 Å². The third kappa shape index (κ3) is 6.93. The van der Waals surface area contributed by atoms with E-state index in [2.05, 4.69) is 10.6 Å². The third-order valence-corrected chi connectivity index (χ3v) is 5.48. The number of carbonyl (C=O) groups is 4. The SMILES string of the molecule is COC(=O)c1ccccc1NC(=O)N1CCC[C@@H](O)[C@H](NC(=O)c2ccc(OCC(N)=O)cc2)C1. The summed E-state index contributed by atoms with van der Waals surface area (Å²) in [6, 6.07) is 11.4. The zero-order valence-electron chi connectivity index (χ0n) is 19.2. The number of methoxy groups -OCH3 is 1. The Labute approximate surface area is 202 Å². The van der Waals surface area contributed by atoms with E-state index in [0.29, 0.717) is 36.4 Å². The van der Waals surface area contributed by atoms with Crippen LogP contribution < -0.4 is 21.1 Å². The van der Waals surface area contributed by atoms with E-state index in [1.165, 1.54) is 36.3 Å². The lowest BCUT2D eigenvalue weighted by Crippen LogP contribution is -2.50. The molecule has 1 heterocycles. The van der Waals surface area contributed by atoms with Crippen molar-refractivity contribution in [2.75, 3.05) is 32.1 Å². The number of urea groups is 1. The van der Waals surface area contributed by atoms with Crippen LogP contribution in [0.4, 0.5) is 10.5 Å². The molecule has 2 aromatic carbocycles. The molecule has 0 saturated carbocycles. The molecule has 11 heteroatoms. The van der Waals surface area contributed by atoms with Gasteiger partial charge in [0.25, 0.3) is 11.8 Å². The predicted octanol–water partition coefficient (Wildman–Crippen LogP) is 1.12. The summed E-state index contributed by atoms with van der Waals surface area (Å²) in [5.74, 6) is -1.25. The maximum atomic E-state index is 13.0. The molecule has 35 heavy (non-hydrogen) atoms. The fourth-order valence-corrected chi connectivity index (χ4v) is 3.65. The Morgan fingerprint density at radius 1 is 1.11 bits per heavy atom. The molecule has 0 aromatic heterocycles. The van der Waals surface area contributed by atoms with E-state index < -0.39 is 36.0 Å². The second kappa shape index (κ2) is 11.8. The number of hydrogen-bond donors (Lipinski definition) is 4. The van der Waals surface area contributed by atoms with Crippen LogP contribution in [0.1, 0.15) is 33.6 Å². The Morgan fingerprint density at radius 3 is 2.51 bits per heavy atom. The number of aliphatic hydroxyl groups excluding tert-OH is 1. The van der Waals surface area contributed by atoms with Crippen LogP contribution in [-0.2, 0) is 9.53 Å². The minimum absolute atomic E-state index is 0.0684. The summed E-state index contributed by atoms with van der Waals surface area (Å²) in [4.78, 5) is 50.0. The fourth-order valence-electron chi connectivity index (χ4n) is 3.65. The van der Waals surface area contributed by atoms with Crippen molar-refractivity contribution in [3.05, 3.63) is 59.7 Å². The van der Waals surface area contributed by atoms with Gasteiger partial charge < -0.3 is 35.8 Å². The van der Waals surface area contributed by atoms with Crippen LogP contribution in [-0.4, -0.2) is 72.8 Å². The molecule has 2 aromatic rings. The molecule has 4 amide bonds. The Balaban J connectivity index is 1.66. The average Bonchev–Trinajstić information content (AvgIpc) is 3.04. The summed E-state index contributed by atoms with van der Waals surface area (Å²) >= 11 is 0. The lowest BCUT2D eigenvalue weighted by Gasteiger charge is -2.27. The number of likely N-dealkylation sites (tertiary alicyclic amines) is 1. The van der Waals surface area contributed by atoms with Gasteiger partial charge in [0.05, 0.1) is 30.5 Å². The van der Waals surface area contributed by atoms with Crippen LogP contribution >= 0.6 is 0 Å². The molecule has 0 spiro atoms. The predicted molar refractivity (Wildman–Crippen MR) is 126 cm³/mol. The van der Waals surface area contributed by atoms with Gasteiger partial charge in [-0.2, -0.15) is 0 Å². The Morgan fingerprint density at radius 2 is 1.83 bits per heavy atom. The number of nitrogens with zero attached hydrogens (tertiary/aromatic N) is 1. The molecule has 2 atom stereocenters. The largest absolute Gasteiger partial charge is 0.484 e. The van der Waals surface area contributed by atoms with Crippen molar-refractivity contribution in [1.82, 2.24) is 10.2 Å². The van der Waals surface area contributed by atoms with Crippen LogP contribution in [0.25, 0.3) is 0 Å². The van der Waals surface area contributed by atoms with Gasteiger partial charge >= 0.3 is 12.0 Å². The van der Waals surface area contributed by atoms with Gasteiger partial charge in [-0.1, -0.05) is 12.1 Å². The summed E-state index contributed by atoms with van der Waals surface area (Å²) in [6.07, 6.45) is 0.0797. The zero-order valence-corrected chi connectivity index (χ0v) is 19.2. The van der Waals surface area contributed by atoms with Crippen LogP contribution in [0.3, 0.4) is 0 Å². The highest BCUT2D eigenvalue weighted by atomic mass is 16.5. The topological polar surface area (TPSA) is 160 Å². The van der Waals surface area contributed by atoms with E-state index in [1.807, 2.05) is 0 Å². The van der Waals surface area contributed by atoms with Crippen LogP contribution in [0, 0.1) is 0 Å². The molecule has 186 valence electrons. The first kappa shape index (κ1) is 25.5. The molecule has 0 aliphatic carbocycles. The molecule has 0 radical (unpaired) electrons. The average molecular weight is 485 g/mol. The molecular formula is C24H28N4O7. The number of rotatable bonds is 7. The maximum Gasteiger partial charge on any atom is 0.339 e. The van der Waals surface area contributed by atoms with Crippen LogP contribution in [0.5, 0.6) is 5.75 Å². The number of amides is 4. The van der Waals surface area contributed by atoms with E-state index in [-0.39, 0.29) is 18.7 Å². The van der Waals surface area contributed by atoms with Crippen molar-refractivity contribution >= 4 is 29.5 Å². The molecule has 0 unspecified atom stereocenters. The van der Waals surface area contributed by atoms with Gasteiger partial charge in [-0.25, -0.2) is 9.59 Å². The molecule has 1 aliphatic heterocycles. The number of ether oxygens (including phenoxy) is 2. The summed E-state index contributed by atoms with van der Waals surface area (Å²) in [6.45, 7) is 0.155. The maximum absolute atomic E-state index is 13.0. The minimum Gasteiger partial charge on any atom is -0.484 e. The number of para-hydroxylation sites is 1. The smallest absolute Gasteiger partial charge is 0.339 e. The fraction of sp³-hybridized carbons (Fsp3) is 0.333. The summed E-state index contributed by atoms with van der Waals surface area (Å²) in [7, 11) is 1.26. The van der Waals surface area contributed by atoms with Gasteiger partial charge in [0.15, 0.2) is 6.61 Å². The number of anilines is 1. The highest BCUT2D eigenvalue weighted by Crippen LogP contribution is 2.19. The number of esters is 1. The molecule has 1 fully saturated rings. The summed E-state index contributed by atoms with van der Waals surface area (Å²) in [5.41, 5.74) is 5.88. The van der Waals surface area contributed by atoms with Crippen molar-refractivity contribution in [1.29, 1.82) is 0 Å². The number of nitrogens with two attached hydrogens (primary N) is 1. The van der Waals surface area contributed by atoms with Gasteiger partial charge in [0.1, 0.15) is 5.75 Å². The Kier molecular flexibility index (Phi) is 8.63. The number of primary amides is 1. The van der Waals surface area contributed by atoms with Crippen LogP contribution in [0.15, 0.2) is 48.5 Å². The molecule has 5 N–H and O–H groups in total. The van der Waals surface area contributed by atoms with E-state index >= 15 is 0 Å². The van der Waals surface area contributed by atoms with Crippen molar-refractivity contribution in [3.63, 3.8) is 0 Å². The molecule has 1 saturated heterocycles. The first-order valence-corrected chi connectivity index (χ1v) is 11.0. The highest BCUT2D eigenvalue weighted by molar-refractivity contribution is 6.01. The Hall–Kier alpha value is -4.12. The second-order valence-electron chi connectivity index (χ2n) is 7.98. The van der Waals surface area contributed by atoms with Crippen molar-refractivity contribution in [2.24, 2.45) is 5.73 Å². The quantitative estimate of drug-likeness (QED) is 0.428. The lowest BCUT2D eigenvalue weighted by molar-refractivity contribution is -0.119. The first-order valence-electron chi connectivity index (χ1n) is 11.0.